The quantitative estimate of drug-likeness (QED) is 0.930. The average Bonchev–Trinajstić information content (AvgIpc) is 2.53. The molecule has 1 saturated heterocycles. The molecule has 0 spiro atoms. The highest BCUT2D eigenvalue weighted by atomic mass is 15.2. The summed E-state index contributed by atoms with van der Waals surface area (Å²) in [6.07, 6.45) is 3.68. The van der Waals surface area contributed by atoms with E-state index in [0.717, 1.165) is 31.6 Å². The van der Waals surface area contributed by atoms with E-state index in [9.17, 15) is 0 Å². The molecular weight excluding hydrogens is 258 g/mol. The van der Waals surface area contributed by atoms with Crippen LogP contribution in [0.3, 0.4) is 0 Å². The van der Waals surface area contributed by atoms with Gasteiger partial charge in [-0.1, -0.05) is 25.1 Å². The van der Waals surface area contributed by atoms with Crippen molar-refractivity contribution >= 4 is 16.7 Å². The molecule has 2 aromatic rings. The fraction of sp³-hybridized carbons (Fsp3) is 0.500. The van der Waals surface area contributed by atoms with Gasteiger partial charge in [0.15, 0.2) is 0 Å². The van der Waals surface area contributed by atoms with Crippen LogP contribution in [0.2, 0.25) is 0 Å². The van der Waals surface area contributed by atoms with Gasteiger partial charge >= 0.3 is 0 Å². The second-order valence-corrected chi connectivity index (χ2v) is 6.02. The summed E-state index contributed by atoms with van der Waals surface area (Å²) in [5.74, 6) is 1.17. The summed E-state index contributed by atoms with van der Waals surface area (Å²) < 4.78 is 0. The Morgan fingerprint density at radius 1 is 1.33 bits per heavy atom. The summed E-state index contributed by atoms with van der Waals surface area (Å²) in [5.41, 5.74) is 2.38. The molecule has 1 aliphatic heterocycles. The third kappa shape index (κ3) is 3.03. The number of nitrogens with one attached hydrogen (secondary N) is 1. The van der Waals surface area contributed by atoms with E-state index in [4.69, 9.17) is 4.98 Å². The first-order chi connectivity index (χ1) is 10.3. The van der Waals surface area contributed by atoms with Crippen LogP contribution in [-0.4, -0.2) is 30.7 Å². The normalized spacial score (nSPS) is 18.9. The molecule has 1 atom stereocenters. The van der Waals surface area contributed by atoms with Crippen LogP contribution in [0.1, 0.15) is 31.7 Å². The van der Waals surface area contributed by atoms with E-state index in [0.29, 0.717) is 6.04 Å². The van der Waals surface area contributed by atoms with E-state index in [1.54, 1.807) is 0 Å². The Kier molecular flexibility index (Phi) is 4.39. The number of para-hydroxylation sites is 1. The lowest BCUT2D eigenvalue weighted by Crippen LogP contribution is -2.47. The SMILES string of the molecule is CCCN(c1nc2ccccc2cc1C)C1CCCNC1. The predicted octanol–water partition coefficient (Wildman–Crippen LogP) is 3.51. The van der Waals surface area contributed by atoms with Gasteiger partial charge in [0.25, 0.3) is 0 Å². The third-order valence-electron chi connectivity index (χ3n) is 4.34. The van der Waals surface area contributed by atoms with E-state index in [1.165, 1.54) is 29.6 Å². The number of anilines is 1. The molecule has 0 bridgehead atoms. The summed E-state index contributed by atoms with van der Waals surface area (Å²) in [7, 11) is 0. The maximum atomic E-state index is 4.97. The fourth-order valence-corrected chi connectivity index (χ4v) is 3.30. The summed E-state index contributed by atoms with van der Waals surface area (Å²) in [5, 5.41) is 4.76. The summed E-state index contributed by atoms with van der Waals surface area (Å²) in [4.78, 5) is 7.49. The first-order valence-electron chi connectivity index (χ1n) is 8.13. The molecular formula is C18H25N3. The van der Waals surface area contributed by atoms with Crippen LogP contribution in [0, 0.1) is 6.92 Å². The molecule has 21 heavy (non-hydrogen) atoms. The Hall–Kier alpha value is -1.61. The zero-order valence-corrected chi connectivity index (χ0v) is 13.1. The number of aryl methyl sites for hydroxylation is 1. The Morgan fingerprint density at radius 3 is 2.95 bits per heavy atom. The van der Waals surface area contributed by atoms with E-state index in [2.05, 4.69) is 54.4 Å². The number of fused-ring (bicyclic) bond motifs is 1. The lowest BCUT2D eigenvalue weighted by Gasteiger charge is -2.36. The maximum Gasteiger partial charge on any atom is 0.132 e. The molecule has 0 aliphatic carbocycles. The largest absolute Gasteiger partial charge is 0.352 e. The van der Waals surface area contributed by atoms with Crippen LogP contribution < -0.4 is 10.2 Å². The number of nitrogens with zero attached hydrogens (tertiary/aromatic N) is 2. The van der Waals surface area contributed by atoms with Crippen molar-refractivity contribution in [3.8, 4) is 0 Å². The lowest BCUT2D eigenvalue weighted by molar-refractivity contribution is 0.428. The van der Waals surface area contributed by atoms with Crippen LogP contribution in [0.15, 0.2) is 30.3 Å². The van der Waals surface area contributed by atoms with Crippen molar-refractivity contribution in [1.82, 2.24) is 10.3 Å². The van der Waals surface area contributed by atoms with Gasteiger partial charge in [0.05, 0.1) is 5.52 Å². The number of rotatable bonds is 4. The minimum Gasteiger partial charge on any atom is -0.352 e. The van der Waals surface area contributed by atoms with Crippen molar-refractivity contribution in [3.05, 3.63) is 35.9 Å². The van der Waals surface area contributed by atoms with E-state index >= 15 is 0 Å². The molecule has 0 saturated carbocycles. The molecule has 1 N–H and O–H groups in total. The molecule has 1 aliphatic rings. The Morgan fingerprint density at radius 2 is 2.19 bits per heavy atom. The molecule has 3 nitrogen and oxygen atoms in total. The molecule has 0 amide bonds. The van der Waals surface area contributed by atoms with Crippen LogP contribution in [0.5, 0.6) is 0 Å². The standard InChI is InChI=1S/C18H25N3/c1-3-11-21(16-8-6-10-19-13-16)18-14(2)12-15-7-4-5-9-17(15)20-18/h4-5,7,9,12,16,19H,3,6,8,10-11,13H2,1-2H3. The van der Waals surface area contributed by atoms with Crippen molar-refractivity contribution in [3.63, 3.8) is 0 Å². The topological polar surface area (TPSA) is 28.2 Å². The van der Waals surface area contributed by atoms with Gasteiger partial charge < -0.3 is 10.2 Å². The van der Waals surface area contributed by atoms with E-state index in [-0.39, 0.29) is 0 Å². The molecule has 112 valence electrons. The second-order valence-electron chi connectivity index (χ2n) is 6.02. The van der Waals surface area contributed by atoms with Crippen LogP contribution >= 0.6 is 0 Å². The smallest absolute Gasteiger partial charge is 0.132 e. The van der Waals surface area contributed by atoms with Crippen molar-refractivity contribution in [2.45, 2.75) is 39.2 Å². The van der Waals surface area contributed by atoms with Gasteiger partial charge in [0.1, 0.15) is 5.82 Å². The number of hydrogen-bond acceptors (Lipinski definition) is 3. The lowest BCUT2D eigenvalue weighted by atomic mass is 10.0. The van der Waals surface area contributed by atoms with Gasteiger partial charge in [0.2, 0.25) is 0 Å². The Bertz CT molecular complexity index is 602. The molecule has 1 fully saturated rings. The molecule has 1 unspecified atom stereocenters. The van der Waals surface area contributed by atoms with Crippen molar-refractivity contribution < 1.29 is 0 Å². The highest BCUT2D eigenvalue weighted by Gasteiger charge is 2.23. The van der Waals surface area contributed by atoms with Crippen LogP contribution in [0.25, 0.3) is 10.9 Å². The van der Waals surface area contributed by atoms with Crippen LogP contribution in [0.4, 0.5) is 5.82 Å². The van der Waals surface area contributed by atoms with Crippen molar-refractivity contribution in [2.24, 2.45) is 0 Å². The van der Waals surface area contributed by atoms with Gasteiger partial charge in [-0.2, -0.15) is 0 Å². The molecule has 3 rings (SSSR count). The molecule has 1 aromatic carbocycles. The van der Waals surface area contributed by atoms with Gasteiger partial charge in [-0.05, 0) is 50.4 Å². The highest BCUT2D eigenvalue weighted by molar-refractivity contribution is 5.81. The first-order valence-corrected chi connectivity index (χ1v) is 8.13. The molecule has 1 aromatic heterocycles. The van der Waals surface area contributed by atoms with Gasteiger partial charge in [-0.15, -0.1) is 0 Å². The zero-order chi connectivity index (χ0) is 14.7. The van der Waals surface area contributed by atoms with Crippen molar-refractivity contribution in [1.29, 1.82) is 0 Å². The average molecular weight is 283 g/mol. The monoisotopic (exact) mass is 283 g/mol. The van der Waals surface area contributed by atoms with Crippen molar-refractivity contribution in [2.75, 3.05) is 24.5 Å². The zero-order valence-electron chi connectivity index (χ0n) is 13.1. The summed E-state index contributed by atoms with van der Waals surface area (Å²) in [6, 6.07) is 11.3. The second kappa shape index (κ2) is 6.44. The minimum atomic E-state index is 0.575. The van der Waals surface area contributed by atoms with Gasteiger partial charge in [-0.25, -0.2) is 4.98 Å². The Balaban J connectivity index is 1.99. The minimum absolute atomic E-state index is 0.575. The van der Waals surface area contributed by atoms with Gasteiger partial charge in [0, 0.05) is 24.5 Å². The Labute approximate surface area is 127 Å². The summed E-state index contributed by atoms with van der Waals surface area (Å²) in [6.45, 7) is 7.75. The van der Waals surface area contributed by atoms with E-state index < -0.39 is 0 Å². The number of piperidine rings is 1. The van der Waals surface area contributed by atoms with Crippen LogP contribution in [-0.2, 0) is 0 Å². The highest BCUT2D eigenvalue weighted by Crippen LogP contribution is 2.26. The fourth-order valence-electron chi connectivity index (χ4n) is 3.30. The predicted molar refractivity (Wildman–Crippen MR) is 90.0 cm³/mol. The maximum absolute atomic E-state index is 4.97. The van der Waals surface area contributed by atoms with E-state index in [1.807, 2.05) is 0 Å². The molecule has 0 radical (unpaired) electrons. The summed E-state index contributed by atoms with van der Waals surface area (Å²) >= 11 is 0. The van der Waals surface area contributed by atoms with Gasteiger partial charge in [-0.3, -0.25) is 0 Å². The first kappa shape index (κ1) is 14.3. The molecule has 3 heteroatoms. The molecule has 2 heterocycles. The number of pyridine rings is 1. The number of hydrogen-bond donors (Lipinski definition) is 1. The third-order valence-corrected chi connectivity index (χ3v) is 4.34. The number of benzene rings is 1. The number of aromatic nitrogens is 1.